The first-order chi connectivity index (χ1) is 9.81. The maximum Gasteiger partial charge on any atom is 0.243 e. The van der Waals surface area contributed by atoms with Crippen LogP contribution in [0.4, 0.5) is 5.69 Å². The Kier molecular flexibility index (Phi) is 3.99. The summed E-state index contributed by atoms with van der Waals surface area (Å²) in [4.78, 5) is 23.4. The summed E-state index contributed by atoms with van der Waals surface area (Å²) in [6.07, 6.45) is 1.85. The Morgan fingerprint density at radius 3 is 2.62 bits per heavy atom. The Hall–Kier alpha value is -2.34. The van der Waals surface area contributed by atoms with Crippen molar-refractivity contribution >= 4 is 28.4 Å². The number of fused-ring (bicyclic) bond motifs is 1. The normalized spacial score (nSPS) is 11.4. The first-order valence-electron chi connectivity index (χ1n) is 6.71. The van der Waals surface area contributed by atoms with E-state index in [0.29, 0.717) is 5.69 Å². The van der Waals surface area contributed by atoms with Gasteiger partial charge in [0.1, 0.15) is 6.54 Å². The maximum absolute atomic E-state index is 11.9. The lowest BCUT2D eigenvalue weighted by molar-refractivity contribution is -0.121. The number of likely N-dealkylation sites (N-methyl/N-ethyl adjacent to an activating group) is 1. The summed E-state index contributed by atoms with van der Waals surface area (Å²) < 4.78 is 1.83. The van der Waals surface area contributed by atoms with Crippen molar-refractivity contribution in [3.8, 4) is 0 Å². The van der Waals surface area contributed by atoms with E-state index in [1.165, 1.54) is 0 Å². The summed E-state index contributed by atoms with van der Waals surface area (Å²) in [5.41, 5.74) is 6.35. The molecule has 0 aliphatic rings. The Morgan fingerprint density at radius 2 is 2.00 bits per heavy atom. The Balaban J connectivity index is 2.30. The van der Waals surface area contributed by atoms with Gasteiger partial charge in [0.05, 0.1) is 11.1 Å². The number of hydrogen-bond donors (Lipinski definition) is 3. The summed E-state index contributed by atoms with van der Waals surface area (Å²) in [7, 11) is 1.60. The van der Waals surface area contributed by atoms with Gasteiger partial charge in [0, 0.05) is 18.9 Å². The minimum atomic E-state index is -0.945. The van der Waals surface area contributed by atoms with Crippen molar-refractivity contribution in [3.63, 3.8) is 0 Å². The van der Waals surface area contributed by atoms with E-state index >= 15 is 0 Å². The monoisotopic (exact) mass is 288 g/mol. The summed E-state index contributed by atoms with van der Waals surface area (Å²) in [5, 5.41) is 6.37. The smallest absolute Gasteiger partial charge is 0.243 e. The highest BCUT2D eigenvalue weighted by Crippen LogP contribution is 2.21. The van der Waals surface area contributed by atoms with E-state index in [0.717, 1.165) is 10.9 Å². The van der Waals surface area contributed by atoms with Crippen LogP contribution in [-0.4, -0.2) is 29.0 Å². The number of carbonyl (C=O) groups is 2. The van der Waals surface area contributed by atoms with Crippen LogP contribution in [0.2, 0.25) is 0 Å². The maximum atomic E-state index is 11.9. The van der Waals surface area contributed by atoms with E-state index in [9.17, 15) is 9.59 Å². The molecule has 1 aromatic heterocycles. The van der Waals surface area contributed by atoms with Gasteiger partial charge in [-0.3, -0.25) is 9.59 Å². The third kappa shape index (κ3) is 3.41. The van der Waals surface area contributed by atoms with Crippen LogP contribution in [0.25, 0.3) is 10.9 Å². The van der Waals surface area contributed by atoms with E-state index in [-0.39, 0.29) is 18.4 Å². The molecule has 2 amide bonds. The molecule has 112 valence electrons. The van der Waals surface area contributed by atoms with Crippen LogP contribution in [-0.2, 0) is 16.1 Å². The van der Waals surface area contributed by atoms with Gasteiger partial charge in [0.25, 0.3) is 0 Å². The fourth-order valence-corrected chi connectivity index (χ4v) is 1.93. The number of nitrogens with zero attached hydrogens (tertiary/aromatic N) is 1. The molecule has 0 bridgehead atoms. The largest absolute Gasteiger partial charge is 0.358 e. The van der Waals surface area contributed by atoms with Crippen LogP contribution in [0, 0.1) is 0 Å². The number of nitrogens with one attached hydrogen (secondary N) is 2. The van der Waals surface area contributed by atoms with Crippen LogP contribution in [0.3, 0.4) is 0 Å². The van der Waals surface area contributed by atoms with Gasteiger partial charge < -0.3 is 20.9 Å². The predicted octanol–water partition coefficient (Wildman–Crippen LogP) is 1.06. The summed E-state index contributed by atoms with van der Waals surface area (Å²) >= 11 is 0. The van der Waals surface area contributed by atoms with Gasteiger partial charge in [0.2, 0.25) is 11.8 Å². The van der Waals surface area contributed by atoms with E-state index < -0.39 is 5.54 Å². The number of amides is 2. The van der Waals surface area contributed by atoms with E-state index in [2.05, 4.69) is 10.6 Å². The van der Waals surface area contributed by atoms with Crippen molar-refractivity contribution in [2.24, 2.45) is 5.73 Å². The number of rotatable bonds is 4. The third-order valence-electron chi connectivity index (χ3n) is 3.21. The lowest BCUT2D eigenvalue weighted by Gasteiger charge is -2.18. The average Bonchev–Trinajstić information content (AvgIpc) is 2.80. The van der Waals surface area contributed by atoms with Crippen LogP contribution < -0.4 is 16.4 Å². The highest BCUT2D eigenvalue weighted by molar-refractivity contribution is 5.99. The second kappa shape index (κ2) is 5.57. The molecule has 0 aliphatic heterocycles. The Bertz CT molecular complexity index is 683. The summed E-state index contributed by atoms with van der Waals surface area (Å²) in [6, 6.07) is 7.48. The van der Waals surface area contributed by atoms with Crippen LogP contribution in [0.1, 0.15) is 13.8 Å². The number of benzene rings is 1. The molecule has 2 rings (SSSR count). The van der Waals surface area contributed by atoms with Crippen LogP contribution in [0.5, 0.6) is 0 Å². The minimum absolute atomic E-state index is 0.0787. The number of aromatic nitrogens is 1. The standard InChI is InChI=1S/C15H20N4O2/c1-15(2,16)14(21)18-11-5-4-10-6-7-19(12(10)8-11)9-13(20)17-3/h4-8H,9,16H2,1-3H3,(H,17,20)(H,18,21). The summed E-state index contributed by atoms with van der Waals surface area (Å²) in [6.45, 7) is 3.53. The number of anilines is 1. The molecule has 6 heteroatoms. The van der Waals surface area contributed by atoms with E-state index in [4.69, 9.17) is 5.73 Å². The number of hydrogen-bond acceptors (Lipinski definition) is 3. The van der Waals surface area contributed by atoms with Crippen molar-refractivity contribution < 1.29 is 9.59 Å². The van der Waals surface area contributed by atoms with Gasteiger partial charge >= 0.3 is 0 Å². The Labute approximate surface area is 123 Å². The minimum Gasteiger partial charge on any atom is -0.358 e. The molecule has 2 aromatic rings. The molecule has 4 N–H and O–H groups in total. The van der Waals surface area contributed by atoms with Gasteiger partial charge in [-0.25, -0.2) is 0 Å². The lowest BCUT2D eigenvalue weighted by Crippen LogP contribution is -2.45. The topological polar surface area (TPSA) is 89.2 Å². The zero-order chi connectivity index (χ0) is 15.6. The van der Waals surface area contributed by atoms with Gasteiger partial charge in [0.15, 0.2) is 0 Å². The molecule has 1 heterocycles. The highest BCUT2D eigenvalue weighted by Gasteiger charge is 2.21. The van der Waals surface area contributed by atoms with Crippen molar-refractivity contribution in [2.45, 2.75) is 25.9 Å². The van der Waals surface area contributed by atoms with E-state index in [1.807, 2.05) is 35.0 Å². The van der Waals surface area contributed by atoms with Gasteiger partial charge in [-0.15, -0.1) is 0 Å². The lowest BCUT2D eigenvalue weighted by atomic mass is 10.1. The zero-order valence-corrected chi connectivity index (χ0v) is 12.4. The van der Waals surface area contributed by atoms with Crippen molar-refractivity contribution in [1.29, 1.82) is 0 Å². The molecule has 0 radical (unpaired) electrons. The first kappa shape index (κ1) is 15.1. The fraction of sp³-hybridized carbons (Fsp3) is 0.333. The van der Waals surface area contributed by atoms with Crippen LogP contribution >= 0.6 is 0 Å². The second-order valence-electron chi connectivity index (χ2n) is 5.57. The molecule has 0 spiro atoms. The van der Waals surface area contributed by atoms with Gasteiger partial charge in [-0.2, -0.15) is 0 Å². The molecular formula is C15H20N4O2. The molecule has 21 heavy (non-hydrogen) atoms. The second-order valence-corrected chi connectivity index (χ2v) is 5.57. The van der Waals surface area contributed by atoms with Crippen LogP contribution in [0.15, 0.2) is 30.5 Å². The average molecular weight is 288 g/mol. The molecule has 0 saturated carbocycles. The number of nitrogens with two attached hydrogens (primary N) is 1. The van der Waals surface area contributed by atoms with Crippen molar-refractivity contribution in [3.05, 3.63) is 30.5 Å². The fourth-order valence-electron chi connectivity index (χ4n) is 1.93. The van der Waals surface area contributed by atoms with Gasteiger partial charge in [-0.1, -0.05) is 6.07 Å². The molecule has 0 saturated heterocycles. The SMILES string of the molecule is CNC(=O)Cn1ccc2ccc(NC(=O)C(C)(C)N)cc21. The van der Waals surface area contributed by atoms with Gasteiger partial charge in [-0.05, 0) is 37.4 Å². The molecule has 6 nitrogen and oxygen atoms in total. The quantitative estimate of drug-likeness (QED) is 0.786. The first-order valence-corrected chi connectivity index (χ1v) is 6.71. The third-order valence-corrected chi connectivity index (χ3v) is 3.21. The van der Waals surface area contributed by atoms with Crippen molar-refractivity contribution in [1.82, 2.24) is 9.88 Å². The van der Waals surface area contributed by atoms with E-state index in [1.54, 1.807) is 20.9 Å². The molecule has 0 fully saturated rings. The molecular weight excluding hydrogens is 268 g/mol. The van der Waals surface area contributed by atoms with Crippen molar-refractivity contribution in [2.75, 3.05) is 12.4 Å². The molecule has 0 unspecified atom stereocenters. The molecule has 0 atom stereocenters. The molecule has 0 aliphatic carbocycles. The Morgan fingerprint density at radius 1 is 1.29 bits per heavy atom. The predicted molar refractivity (Wildman–Crippen MR) is 82.9 cm³/mol. The highest BCUT2D eigenvalue weighted by atomic mass is 16.2. The number of carbonyl (C=O) groups excluding carboxylic acids is 2. The molecule has 1 aromatic carbocycles. The summed E-state index contributed by atoms with van der Waals surface area (Å²) in [5.74, 6) is -0.337. The zero-order valence-electron chi connectivity index (χ0n) is 12.4.